The first kappa shape index (κ1) is 14.6. The van der Waals surface area contributed by atoms with Gasteiger partial charge in [-0.05, 0) is 18.6 Å². The molecule has 0 amide bonds. The highest BCUT2D eigenvalue weighted by Gasteiger charge is 2.15. The van der Waals surface area contributed by atoms with E-state index in [-0.39, 0.29) is 0 Å². The van der Waals surface area contributed by atoms with Gasteiger partial charge in [-0.15, -0.1) is 0 Å². The lowest BCUT2D eigenvalue weighted by atomic mass is 10.1. The van der Waals surface area contributed by atoms with Crippen molar-refractivity contribution in [1.82, 2.24) is 0 Å². The van der Waals surface area contributed by atoms with Crippen molar-refractivity contribution < 1.29 is 14.3 Å². The second kappa shape index (κ2) is 7.08. The normalized spacial score (nSPS) is 10.2. The number of nitrogens with two attached hydrogens (primary N) is 1. The highest BCUT2D eigenvalue weighted by molar-refractivity contribution is 6.34. The predicted octanol–water partition coefficient (Wildman–Crippen LogP) is 2.16. The van der Waals surface area contributed by atoms with Crippen molar-refractivity contribution in [2.75, 3.05) is 38.4 Å². The molecule has 0 bridgehead atoms. The molecule has 100 valence electrons. The van der Waals surface area contributed by atoms with Gasteiger partial charge in [0.25, 0.3) is 0 Å². The van der Waals surface area contributed by atoms with Crippen LogP contribution in [0.5, 0.6) is 0 Å². The molecule has 0 aliphatic heterocycles. The molecule has 0 aromatic heterocycles. The Morgan fingerprint density at radius 3 is 2.78 bits per heavy atom. The van der Waals surface area contributed by atoms with E-state index >= 15 is 0 Å². The van der Waals surface area contributed by atoms with Crippen molar-refractivity contribution >= 4 is 28.9 Å². The van der Waals surface area contributed by atoms with Crippen LogP contribution in [-0.4, -0.2) is 33.3 Å². The molecule has 0 saturated carbocycles. The van der Waals surface area contributed by atoms with Crippen LogP contribution >= 0.6 is 11.6 Å². The number of nitrogens with one attached hydrogen (secondary N) is 1. The van der Waals surface area contributed by atoms with Crippen molar-refractivity contribution in [2.24, 2.45) is 0 Å². The minimum Gasteiger partial charge on any atom is -0.465 e. The fourth-order valence-electron chi connectivity index (χ4n) is 1.51. The van der Waals surface area contributed by atoms with Crippen molar-refractivity contribution in [3.05, 3.63) is 22.7 Å². The molecule has 3 N–H and O–H groups in total. The van der Waals surface area contributed by atoms with Crippen molar-refractivity contribution in [1.29, 1.82) is 0 Å². The molecule has 0 atom stereocenters. The minimum atomic E-state index is -0.474. The summed E-state index contributed by atoms with van der Waals surface area (Å²) in [6.45, 7) is 1.27. The molecule has 0 heterocycles. The molecule has 0 saturated heterocycles. The SMILES string of the molecule is COCCCNc1c(Cl)cc(N)cc1C(=O)OC. The van der Waals surface area contributed by atoms with Gasteiger partial charge in [-0.25, -0.2) is 4.79 Å². The molecule has 0 aliphatic carbocycles. The Morgan fingerprint density at radius 2 is 2.17 bits per heavy atom. The lowest BCUT2D eigenvalue weighted by molar-refractivity contribution is 0.0602. The second-order valence-corrected chi connectivity index (χ2v) is 4.10. The number of carbonyl (C=O) groups is 1. The third-order valence-corrected chi connectivity index (χ3v) is 2.64. The number of benzene rings is 1. The Kier molecular flexibility index (Phi) is 5.74. The van der Waals surface area contributed by atoms with E-state index in [1.54, 1.807) is 13.2 Å². The number of hydrogen-bond donors (Lipinski definition) is 2. The summed E-state index contributed by atoms with van der Waals surface area (Å²) in [7, 11) is 2.95. The maximum Gasteiger partial charge on any atom is 0.340 e. The van der Waals surface area contributed by atoms with Gasteiger partial charge < -0.3 is 20.5 Å². The topological polar surface area (TPSA) is 73.6 Å². The van der Waals surface area contributed by atoms with E-state index in [9.17, 15) is 4.79 Å². The Bertz CT molecular complexity index is 424. The Labute approximate surface area is 111 Å². The summed E-state index contributed by atoms with van der Waals surface area (Å²) in [6.07, 6.45) is 0.803. The summed E-state index contributed by atoms with van der Waals surface area (Å²) in [5.41, 5.74) is 6.95. The molecule has 1 aromatic carbocycles. The standard InChI is InChI=1S/C12H17ClN2O3/c1-17-5-3-4-15-11-9(12(16)18-2)6-8(14)7-10(11)13/h6-7,15H,3-5,14H2,1-2H3. The van der Waals surface area contributed by atoms with E-state index < -0.39 is 5.97 Å². The van der Waals surface area contributed by atoms with Crippen LogP contribution in [0.2, 0.25) is 5.02 Å². The number of anilines is 2. The molecule has 0 spiro atoms. The van der Waals surface area contributed by atoms with Crippen LogP contribution in [0.15, 0.2) is 12.1 Å². The van der Waals surface area contributed by atoms with Crippen LogP contribution in [0.1, 0.15) is 16.8 Å². The zero-order valence-corrected chi connectivity index (χ0v) is 11.2. The van der Waals surface area contributed by atoms with Gasteiger partial charge in [0.05, 0.1) is 23.4 Å². The van der Waals surface area contributed by atoms with E-state index in [0.717, 1.165) is 6.42 Å². The molecule has 0 aliphatic rings. The van der Waals surface area contributed by atoms with Crippen LogP contribution in [0.3, 0.4) is 0 Å². The zero-order valence-electron chi connectivity index (χ0n) is 10.5. The van der Waals surface area contributed by atoms with Gasteiger partial charge >= 0.3 is 5.97 Å². The smallest absolute Gasteiger partial charge is 0.340 e. The summed E-state index contributed by atoms with van der Waals surface area (Å²) in [4.78, 5) is 11.6. The monoisotopic (exact) mass is 272 g/mol. The summed E-state index contributed by atoms with van der Waals surface area (Å²) in [5, 5.41) is 3.49. The quantitative estimate of drug-likeness (QED) is 0.472. The van der Waals surface area contributed by atoms with Crippen LogP contribution in [0, 0.1) is 0 Å². The van der Waals surface area contributed by atoms with Crippen LogP contribution in [0.25, 0.3) is 0 Å². The third kappa shape index (κ3) is 3.78. The van der Waals surface area contributed by atoms with E-state index in [4.69, 9.17) is 26.8 Å². The van der Waals surface area contributed by atoms with Gasteiger partial charge in [-0.1, -0.05) is 11.6 Å². The molecule has 6 heteroatoms. The molecular weight excluding hydrogens is 256 g/mol. The van der Waals surface area contributed by atoms with E-state index in [1.807, 2.05) is 0 Å². The van der Waals surface area contributed by atoms with Gasteiger partial charge in [-0.2, -0.15) is 0 Å². The van der Waals surface area contributed by atoms with Crippen molar-refractivity contribution in [2.45, 2.75) is 6.42 Å². The Morgan fingerprint density at radius 1 is 1.44 bits per heavy atom. The number of esters is 1. The molecule has 1 aromatic rings. The third-order valence-electron chi connectivity index (χ3n) is 2.34. The lowest BCUT2D eigenvalue weighted by Crippen LogP contribution is -2.11. The van der Waals surface area contributed by atoms with Crippen LogP contribution < -0.4 is 11.1 Å². The number of halogens is 1. The molecule has 18 heavy (non-hydrogen) atoms. The number of rotatable bonds is 6. The first-order valence-corrected chi connectivity index (χ1v) is 5.88. The van der Waals surface area contributed by atoms with Crippen molar-refractivity contribution in [3.8, 4) is 0 Å². The minimum absolute atomic E-state index is 0.333. The highest BCUT2D eigenvalue weighted by atomic mass is 35.5. The predicted molar refractivity (Wildman–Crippen MR) is 72.2 cm³/mol. The number of nitrogen functional groups attached to an aromatic ring is 1. The highest BCUT2D eigenvalue weighted by Crippen LogP contribution is 2.29. The van der Waals surface area contributed by atoms with Gasteiger partial charge in [0, 0.05) is 25.9 Å². The molecule has 1 rings (SSSR count). The largest absolute Gasteiger partial charge is 0.465 e. The van der Waals surface area contributed by atoms with Gasteiger partial charge in [-0.3, -0.25) is 0 Å². The maximum atomic E-state index is 11.6. The second-order valence-electron chi connectivity index (χ2n) is 3.69. The first-order valence-electron chi connectivity index (χ1n) is 5.50. The fraction of sp³-hybridized carbons (Fsp3) is 0.417. The van der Waals surface area contributed by atoms with Crippen molar-refractivity contribution in [3.63, 3.8) is 0 Å². The summed E-state index contributed by atoms with van der Waals surface area (Å²) < 4.78 is 9.64. The number of ether oxygens (including phenoxy) is 2. The maximum absolute atomic E-state index is 11.6. The number of methoxy groups -OCH3 is 2. The molecular formula is C12H17ClN2O3. The number of hydrogen-bond acceptors (Lipinski definition) is 5. The lowest BCUT2D eigenvalue weighted by Gasteiger charge is -2.13. The molecule has 5 nitrogen and oxygen atoms in total. The van der Waals surface area contributed by atoms with E-state index in [0.29, 0.717) is 35.1 Å². The van der Waals surface area contributed by atoms with Gasteiger partial charge in [0.2, 0.25) is 0 Å². The fourth-order valence-corrected chi connectivity index (χ4v) is 1.80. The summed E-state index contributed by atoms with van der Waals surface area (Å²) >= 11 is 6.07. The van der Waals surface area contributed by atoms with E-state index in [1.165, 1.54) is 13.2 Å². The van der Waals surface area contributed by atoms with Gasteiger partial charge in [0.1, 0.15) is 0 Å². The number of carbonyl (C=O) groups excluding carboxylic acids is 1. The summed E-state index contributed by atoms with van der Waals surface area (Å²) in [6, 6.07) is 3.13. The molecule has 0 radical (unpaired) electrons. The average Bonchev–Trinajstić information content (AvgIpc) is 2.35. The molecule has 0 fully saturated rings. The average molecular weight is 273 g/mol. The Hall–Kier alpha value is -1.46. The van der Waals surface area contributed by atoms with E-state index in [2.05, 4.69) is 5.32 Å². The zero-order chi connectivity index (χ0) is 13.5. The summed E-state index contributed by atoms with van der Waals surface area (Å²) in [5.74, 6) is -0.474. The molecule has 0 unspecified atom stereocenters. The Balaban J connectivity index is 2.90. The van der Waals surface area contributed by atoms with Gasteiger partial charge in [0.15, 0.2) is 0 Å². The first-order chi connectivity index (χ1) is 8.60. The van der Waals surface area contributed by atoms with Crippen LogP contribution in [0.4, 0.5) is 11.4 Å². The van der Waals surface area contributed by atoms with Crippen LogP contribution in [-0.2, 0) is 9.47 Å².